The molecule has 0 rings (SSSR count). The molecule has 0 heterocycles. The second-order valence-corrected chi connectivity index (χ2v) is 6.28. The van der Waals surface area contributed by atoms with Gasteiger partial charge >= 0.3 is 0 Å². The van der Waals surface area contributed by atoms with Gasteiger partial charge in [0.05, 0.1) is 0 Å². The van der Waals surface area contributed by atoms with Crippen LogP contribution in [0.1, 0.15) is 27.7 Å². The maximum Gasteiger partial charge on any atom is 0.234 e. The highest BCUT2D eigenvalue weighted by Crippen LogP contribution is 2.10. The van der Waals surface area contributed by atoms with Crippen LogP contribution >= 0.6 is 25.3 Å². The third kappa shape index (κ3) is 7.16. The van der Waals surface area contributed by atoms with Crippen LogP contribution < -0.4 is 10.6 Å². The Morgan fingerprint density at radius 2 is 1.11 bits per heavy atom. The lowest BCUT2D eigenvalue weighted by Crippen LogP contribution is -2.45. The molecular formula is C12H24N2O2S2. The highest BCUT2D eigenvalue weighted by molar-refractivity contribution is 7.86. The number of hydrogen-bond donors (Lipinski definition) is 4. The standard InChI is InChI=1S/C12H24N2O2S2/c1-7(2)5-13-11(15)9(17)10(18)12(16)14-6-8(3)4/h7-10,17-18H,5-6H2,1-4H3,(H,13,15)(H,14,16). The van der Waals surface area contributed by atoms with Gasteiger partial charge in [-0.15, -0.1) is 0 Å². The molecule has 0 aliphatic heterocycles. The minimum absolute atomic E-state index is 0.258. The Hall–Kier alpha value is -0.360. The van der Waals surface area contributed by atoms with E-state index in [2.05, 4.69) is 35.9 Å². The monoisotopic (exact) mass is 292 g/mol. The topological polar surface area (TPSA) is 58.2 Å². The molecule has 18 heavy (non-hydrogen) atoms. The van der Waals surface area contributed by atoms with E-state index in [4.69, 9.17) is 0 Å². The fourth-order valence-electron chi connectivity index (χ4n) is 1.11. The number of carbonyl (C=O) groups is 2. The Morgan fingerprint density at radius 1 is 0.833 bits per heavy atom. The molecule has 2 unspecified atom stereocenters. The second-order valence-electron chi connectivity index (χ2n) is 5.17. The van der Waals surface area contributed by atoms with Gasteiger partial charge in [-0.05, 0) is 11.8 Å². The SMILES string of the molecule is CC(C)CNC(=O)C(S)C(S)C(=O)NCC(C)C. The Bertz CT molecular complexity index is 255. The largest absolute Gasteiger partial charge is 0.355 e. The van der Waals surface area contributed by atoms with E-state index >= 15 is 0 Å². The zero-order chi connectivity index (χ0) is 14.3. The first-order valence-electron chi connectivity index (χ1n) is 6.17. The number of nitrogens with one attached hydrogen (secondary N) is 2. The molecule has 6 heteroatoms. The van der Waals surface area contributed by atoms with E-state index in [1.54, 1.807) is 0 Å². The van der Waals surface area contributed by atoms with Crippen LogP contribution in [0.4, 0.5) is 0 Å². The Kier molecular flexibility index (Phi) is 8.52. The molecule has 0 radical (unpaired) electrons. The van der Waals surface area contributed by atoms with E-state index in [0.717, 1.165) is 0 Å². The van der Waals surface area contributed by atoms with E-state index in [1.807, 2.05) is 27.7 Å². The fourth-order valence-corrected chi connectivity index (χ4v) is 1.56. The second kappa shape index (κ2) is 8.69. The lowest BCUT2D eigenvalue weighted by molar-refractivity contribution is -0.125. The Morgan fingerprint density at radius 3 is 1.33 bits per heavy atom. The number of rotatable bonds is 7. The van der Waals surface area contributed by atoms with Crippen LogP contribution in [-0.2, 0) is 9.59 Å². The fraction of sp³-hybridized carbons (Fsp3) is 0.833. The maximum absolute atomic E-state index is 11.7. The molecule has 2 amide bonds. The molecule has 4 nitrogen and oxygen atoms in total. The Balaban J connectivity index is 4.18. The predicted molar refractivity (Wildman–Crippen MR) is 81.2 cm³/mol. The van der Waals surface area contributed by atoms with Crippen molar-refractivity contribution < 1.29 is 9.59 Å². The zero-order valence-electron chi connectivity index (χ0n) is 11.4. The number of carbonyl (C=O) groups excluding carboxylic acids is 2. The third-order valence-electron chi connectivity index (χ3n) is 2.21. The van der Waals surface area contributed by atoms with Crippen molar-refractivity contribution in [3.63, 3.8) is 0 Å². The average molecular weight is 292 g/mol. The van der Waals surface area contributed by atoms with Crippen LogP contribution in [-0.4, -0.2) is 35.4 Å². The van der Waals surface area contributed by atoms with Gasteiger partial charge in [0.15, 0.2) is 0 Å². The molecular weight excluding hydrogens is 268 g/mol. The van der Waals surface area contributed by atoms with Gasteiger partial charge in [-0.1, -0.05) is 27.7 Å². The molecule has 0 fully saturated rings. The molecule has 0 aliphatic rings. The van der Waals surface area contributed by atoms with Crippen molar-refractivity contribution in [2.24, 2.45) is 11.8 Å². The van der Waals surface area contributed by atoms with Crippen LogP contribution in [0.25, 0.3) is 0 Å². The van der Waals surface area contributed by atoms with Gasteiger partial charge in [-0.2, -0.15) is 25.3 Å². The summed E-state index contributed by atoms with van der Waals surface area (Å²) in [6, 6.07) is 0. The third-order valence-corrected chi connectivity index (χ3v) is 3.51. The van der Waals surface area contributed by atoms with Crippen molar-refractivity contribution >= 4 is 37.1 Å². The number of thiol groups is 2. The highest BCUT2D eigenvalue weighted by Gasteiger charge is 2.27. The first-order valence-corrected chi connectivity index (χ1v) is 7.20. The molecule has 0 saturated heterocycles. The summed E-state index contributed by atoms with van der Waals surface area (Å²) in [6.07, 6.45) is 0. The average Bonchev–Trinajstić information content (AvgIpc) is 2.30. The van der Waals surface area contributed by atoms with Crippen molar-refractivity contribution in [2.45, 2.75) is 38.2 Å². The van der Waals surface area contributed by atoms with Gasteiger partial charge in [-0.25, -0.2) is 0 Å². The van der Waals surface area contributed by atoms with Crippen molar-refractivity contribution in [1.29, 1.82) is 0 Å². The molecule has 106 valence electrons. The van der Waals surface area contributed by atoms with Crippen molar-refractivity contribution in [2.75, 3.05) is 13.1 Å². The Labute approximate surface area is 120 Å². The molecule has 0 aromatic heterocycles. The minimum atomic E-state index is -0.737. The van der Waals surface area contributed by atoms with Crippen LogP contribution in [0, 0.1) is 11.8 Å². The molecule has 2 atom stereocenters. The van der Waals surface area contributed by atoms with Gasteiger partial charge in [0.1, 0.15) is 10.5 Å². The summed E-state index contributed by atoms with van der Waals surface area (Å²) in [5.74, 6) is 0.212. The molecule has 0 saturated carbocycles. The van der Waals surface area contributed by atoms with Crippen molar-refractivity contribution in [1.82, 2.24) is 10.6 Å². The van der Waals surface area contributed by atoms with E-state index in [9.17, 15) is 9.59 Å². The minimum Gasteiger partial charge on any atom is -0.355 e. The smallest absolute Gasteiger partial charge is 0.234 e. The van der Waals surface area contributed by atoms with Crippen LogP contribution in [0.3, 0.4) is 0 Å². The lowest BCUT2D eigenvalue weighted by Gasteiger charge is -2.19. The molecule has 0 aliphatic carbocycles. The summed E-state index contributed by atoms with van der Waals surface area (Å²) < 4.78 is 0. The molecule has 0 bridgehead atoms. The zero-order valence-corrected chi connectivity index (χ0v) is 13.2. The van der Waals surface area contributed by atoms with E-state index in [1.165, 1.54) is 0 Å². The summed E-state index contributed by atoms with van der Waals surface area (Å²) in [4.78, 5) is 23.4. The van der Waals surface area contributed by atoms with E-state index in [-0.39, 0.29) is 11.8 Å². The highest BCUT2D eigenvalue weighted by atomic mass is 32.1. The van der Waals surface area contributed by atoms with Crippen molar-refractivity contribution in [3.05, 3.63) is 0 Å². The first-order chi connectivity index (χ1) is 8.25. The molecule has 0 aromatic carbocycles. The van der Waals surface area contributed by atoms with E-state index < -0.39 is 10.5 Å². The van der Waals surface area contributed by atoms with Crippen molar-refractivity contribution in [3.8, 4) is 0 Å². The summed E-state index contributed by atoms with van der Waals surface area (Å²) in [5, 5.41) is 4.00. The van der Waals surface area contributed by atoms with Gasteiger partial charge in [0.2, 0.25) is 11.8 Å². The molecule has 0 aromatic rings. The summed E-state index contributed by atoms with van der Waals surface area (Å²) >= 11 is 8.31. The van der Waals surface area contributed by atoms with Gasteiger partial charge in [0, 0.05) is 13.1 Å². The normalized spacial score (nSPS) is 14.4. The summed E-state index contributed by atoms with van der Waals surface area (Å²) in [5.41, 5.74) is 0. The number of amides is 2. The molecule has 2 N–H and O–H groups in total. The predicted octanol–water partition coefficient (Wildman–Crippen LogP) is 1.13. The van der Waals surface area contributed by atoms with Gasteiger partial charge < -0.3 is 10.6 Å². The van der Waals surface area contributed by atoms with Crippen LogP contribution in [0.5, 0.6) is 0 Å². The first kappa shape index (κ1) is 17.6. The van der Waals surface area contributed by atoms with Gasteiger partial charge in [0.25, 0.3) is 0 Å². The number of hydrogen-bond acceptors (Lipinski definition) is 4. The summed E-state index contributed by atoms with van der Waals surface area (Å²) in [6.45, 7) is 9.15. The summed E-state index contributed by atoms with van der Waals surface area (Å²) in [7, 11) is 0. The van der Waals surface area contributed by atoms with Crippen LogP contribution in [0.15, 0.2) is 0 Å². The maximum atomic E-state index is 11.7. The van der Waals surface area contributed by atoms with Crippen LogP contribution in [0.2, 0.25) is 0 Å². The quantitative estimate of drug-likeness (QED) is 0.532. The van der Waals surface area contributed by atoms with Gasteiger partial charge in [-0.3, -0.25) is 9.59 Å². The lowest BCUT2D eigenvalue weighted by atomic mass is 10.2. The molecule has 0 spiro atoms. The van der Waals surface area contributed by atoms with E-state index in [0.29, 0.717) is 24.9 Å².